The lowest BCUT2D eigenvalue weighted by atomic mass is 10.3. The molecule has 1 rings (SSSR count). The topological polar surface area (TPSA) is 47.6 Å². The van der Waals surface area contributed by atoms with Crippen molar-refractivity contribution in [1.82, 2.24) is 5.48 Å². The summed E-state index contributed by atoms with van der Waals surface area (Å²) < 4.78 is 5.33. The van der Waals surface area contributed by atoms with Gasteiger partial charge in [-0.15, -0.1) is 11.8 Å². The van der Waals surface area contributed by atoms with Gasteiger partial charge in [0.2, 0.25) is 0 Å². The van der Waals surface area contributed by atoms with Crippen LogP contribution in [-0.2, 0) is 9.63 Å². The Morgan fingerprint density at radius 3 is 2.53 bits per heavy atom. The monoisotopic (exact) mass is 255 g/mol. The third kappa shape index (κ3) is 5.60. The first-order chi connectivity index (χ1) is 8.26. The minimum absolute atomic E-state index is 0.134. The molecule has 0 aliphatic rings. The van der Waals surface area contributed by atoms with E-state index in [-0.39, 0.29) is 5.91 Å². The van der Waals surface area contributed by atoms with Gasteiger partial charge in [-0.1, -0.05) is 0 Å². The molecule has 0 unspecified atom stereocenters. The molecule has 0 fully saturated rings. The van der Waals surface area contributed by atoms with Gasteiger partial charge in [-0.25, -0.2) is 5.48 Å². The lowest BCUT2D eigenvalue weighted by molar-refractivity contribution is -0.130. The second kappa shape index (κ2) is 7.97. The maximum Gasteiger partial charge on any atom is 0.253 e. The zero-order valence-corrected chi connectivity index (χ0v) is 10.9. The summed E-state index contributed by atoms with van der Waals surface area (Å²) >= 11 is 1.46. The SMILES string of the molecule is CCONC(=O)CSc1ccc(OCC)cc1. The van der Waals surface area contributed by atoms with Gasteiger partial charge in [0.05, 0.1) is 19.0 Å². The van der Waals surface area contributed by atoms with Gasteiger partial charge < -0.3 is 4.74 Å². The zero-order valence-electron chi connectivity index (χ0n) is 10.1. The molecule has 0 aromatic heterocycles. The number of carbonyl (C=O) groups excluding carboxylic acids is 1. The van der Waals surface area contributed by atoms with Crippen molar-refractivity contribution >= 4 is 17.7 Å². The Kier molecular flexibility index (Phi) is 6.50. The van der Waals surface area contributed by atoms with Crippen molar-refractivity contribution in [2.45, 2.75) is 18.7 Å². The molecule has 0 radical (unpaired) electrons. The molecule has 0 aliphatic carbocycles. The molecule has 1 aromatic carbocycles. The van der Waals surface area contributed by atoms with Gasteiger partial charge >= 0.3 is 0 Å². The molecule has 4 nitrogen and oxygen atoms in total. The van der Waals surface area contributed by atoms with E-state index in [4.69, 9.17) is 9.57 Å². The first kappa shape index (κ1) is 13.9. The summed E-state index contributed by atoms with van der Waals surface area (Å²) in [7, 11) is 0. The first-order valence-electron chi connectivity index (χ1n) is 5.52. The second-order valence-electron chi connectivity index (χ2n) is 3.15. The van der Waals surface area contributed by atoms with Crippen LogP contribution in [-0.4, -0.2) is 24.9 Å². The van der Waals surface area contributed by atoms with Gasteiger partial charge in [-0.3, -0.25) is 9.63 Å². The Bertz CT molecular complexity index is 340. The molecule has 1 N–H and O–H groups in total. The summed E-state index contributed by atoms with van der Waals surface area (Å²) in [4.78, 5) is 17.1. The van der Waals surface area contributed by atoms with Crippen molar-refractivity contribution in [3.05, 3.63) is 24.3 Å². The molecule has 0 aliphatic heterocycles. The molecule has 0 spiro atoms. The maximum absolute atomic E-state index is 11.3. The highest BCUT2D eigenvalue weighted by Gasteiger charge is 2.02. The molecule has 0 atom stereocenters. The predicted octanol–water partition coefficient (Wildman–Crippen LogP) is 2.25. The largest absolute Gasteiger partial charge is 0.494 e. The first-order valence-corrected chi connectivity index (χ1v) is 6.51. The number of nitrogens with one attached hydrogen (secondary N) is 1. The van der Waals surface area contributed by atoms with E-state index in [0.717, 1.165) is 10.6 Å². The van der Waals surface area contributed by atoms with Gasteiger partial charge in [0.25, 0.3) is 5.91 Å². The van der Waals surface area contributed by atoms with Gasteiger partial charge in [0, 0.05) is 4.90 Å². The predicted molar refractivity (Wildman–Crippen MR) is 68.1 cm³/mol. The number of benzene rings is 1. The Labute approximate surface area is 106 Å². The summed E-state index contributed by atoms with van der Waals surface area (Å²) in [5.41, 5.74) is 2.35. The van der Waals surface area contributed by atoms with Crippen molar-refractivity contribution in [1.29, 1.82) is 0 Å². The number of amides is 1. The molecule has 17 heavy (non-hydrogen) atoms. The van der Waals surface area contributed by atoms with Crippen LogP contribution in [0.1, 0.15) is 13.8 Å². The molecular formula is C12H17NO3S. The average Bonchev–Trinajstić information content (AvgIpc) is 2.36. The van der Waals surface area contributed by atoms with E-state index >= 15 is 0 Å². The summed E-state index contributed by atoms with van der Waals surface area (Å²) in [5.74, 6) is 1.05. The van der Waals surface area contributed by atoms with Gasteiger partial charge in [-0.05, 0) is 38.1 Å². The van der Waals surface area contributed by atoms with Crippen LogP contribution in [0, 0.1) is 0 Å². The number of hydrogen-bond acceptors (Lipinski definition) is 4. The molecular weight excluding hydrogens is 238 g/mol. The van der Waals surface area contributed by atoms with Gasteiger partial charge in [-0.2, -0.15) is 0 Å². The van der Waals surface area contributed by atoms with Gasteiger partial charge in [0.15, 0.2) is 0 Å². The lowest BCUT2D eigenvalue weighted by Crippen LogP contribution is -2.25. The Balaban J connectivity index is 2.34. The van der Waals surface area contributed by atoms with Crippen LogP contribution in [0.3, 0.4) is 0 Å². The van der Waals surface area contributed by atoms with E-state index in [0.29, 0.717) is 19.0 Å². The van der Waals surface area contributed by atoms with Crippen molar-refractivity contribution in [2.24, 2.45) is 0 Å². The number of thioether (sulfide) groups is 1. The van der Waals surface area contributed by atoms with E-state index in [1.807, 2.05) is 38.1 Å². The lowest BCUT2D eigenvalue weighted by Gasteiger charge is -2.05. The van der Waals surface area contributed by atoms with Crippen LogP contribution in [0.5, 0.6) is 5.75 Å². The number of hydrogen-bond donors (Lipinski definition) is 1. The maximum atomic E-state index is 11.3. The standard InChI is InChI=1S/C12H17NO3S/c1-3-15-10-5-7-11(8-6-10)17-9-12(14)13-16-4-2/h5-8H,3-4,9H2,1-2H3,(H,13,14). The van der Waals surface area contributed by atoms with E-state index in [1.54, 1.807) is 0 Å². The fraction of sp³-hybridized carbons (Fsp3) is 0.417. The molecule has 0 saturated carbocycles. The molecule has 5 heteroatoms. The zero-order chi connectivity index (χ0) is 12.5. The fourth-order valence-corrected chi connectivity index (χ4v) is 1.81. The quantitative estimate of drug-likeness (QED) is 0.599. The Morgan fingerprint density at radius 1 is 1.24 bits per heavy atom. The Hall–Kier alpha value is -1.20. The highest BCUT2D eigenvalue weighted by Crippen LogP contribution is 2.21. The minimum atomic E-state index is -0.134. The number of hydroxylamine groups is 1. The van der Waals surface area contributed by atoms with Crippen LogP contribution in [0.15, 0.2) is 29.2 Å². The summed E-state index contributed by atoms with van der Waals surface area (Å²) in [6, 6.07) is 7.66. The number of carbonyl (C=O) groups is 1. The van der Waals surface area contributed by atoms with Crippen LogP contribution in [0.25, 0.3) is 0 Å². The highest BCUT2D eigenvalue weighted by atomic mass is 32.2. The van der Waals surface area contributed by atoms with E-state index < -0.39 is 0 Å². The van der Waals surface area contributed by atoms with Crippen LogP contribution in [0.2, 0.25) is 0 Å². The van der Waals surface area contributed by atoms with Crippen LogP contribution in [0.4, 0.5) is 0 Å². The molecule has 1 amide bonds. The molecule has 0 saturated heterocycles. The third-order valence-corrected chi connectivity index (χ3v) is 2.85. The van der Waals surface area contributed by atoms with E-state index in [9.17, 15) is 4.79 Å². The molecule has 0 heterocycles. The van der Waals surface area contributed by atoms with Crippen LogP contribution < -0.4 is 10.2 Å². The summed E-state index contributed by atoms with van der Waals surface area (Å²) in [5, 5.41) is 0. The van der Waals surface area contributed by atoms with Crippen LogP contribution >= 0.6 is 11.8 Å². The number of ether oxygens (including phenoxy) is 1. The van der Waals surface area contributed by atoms with Crippen molar-refractivity contribution in [3.63, 3.8) is 0 Å². The average molecular weight is 255 g/mol. The fourth-order valence-electron chi connectivity index (χ4n) is 1.13. The summed E-state index contributed by atoms with van der Waals surface area (Å²) in [6.07, 6.45) is 0. The second-order valence-corrected chi connectivity index (χ2v) is 4.20. The summed E-state index contributed by atoms with van der Waals surface area (Å²) in [6.45, 7) is 4.89. The molecule has 94 valence electrons. The Morgan fingerprint density at radius 2 is 1.94 bits per heavy atom. The van der Waals surface area contributed by atoms with E-state index in [2.05, 4.69) is 5.48 Å². The smallest absolute Gasteiger partial charge is 0.253 e. The van der Waals surface area contributed by atoms with Crippen molar-refractivity contribution < 1.29 is 14.4 Å². The van der Waals surface area contributed by atoms with Crippen molar-refractivity contribution in [3.8, 4) is 5.75 Å². The van der Waals surface area contributed by atoms with E-state index in [1.165, 1.54) is 11.8 Å². The normalized spacial score (nSPS) is 10.0. The number of rotatable bonds is 7. The van der Waals surface area contributed by atoms with Crippen molar-refractivity contribution in [2.75, 3.05) is 19.0 Å². The highest BCUT2D eigenvalue weighted by molar-refractivity contribution is 8.00. The molecule has 1 aromatic rings. The molecule has 0 bridgehead atoms. The van der Waals surface area contributed by atoms with Gasteiger partial charge in [0.1, 0.15) is 5.75 Å². The minimum Gasteiger partial charge on any atom is -0.494 e. The third-order valence-electron chi connectivity index (χ3n) is 1.84.